The molecule has 7 heteroatoms. The topological polar surface area (TPSA) is 82.0 Å². The van der Waals surface area contributed by atoms with E-state index in [2.05, 4.69) is 55.4 Å². The summed E-state index contributed by atoms with van der Waals surface area (Å²) in [6.45, 7) is 8.98. The number of likely N-dealkylation sites (tertiary alicyclic amines) is 1. The van der Waals surface area contributed by atoms with Gasteiger partial charge < -0.3 is 15.3 Å². The Balaban J connectivity index is 1.60. The number of carbonyl (C=O) groups is 2. The number of hydrogen-bond acceptors (Lipinski definition) is 5. The first-order valence-electron chi connectivity index (χ1n) is 11.9. The predicted molar refractivity (Wildman–Crippen MR) is 141 cm³/mol. The molecule has 1 aromatic carbocycles. The summed E-state index contributed by atoms with van der Waals surface area (Å²) < 4.78 is 0. The lowest BCUT2D eigenvalue weighted by Gasteiger charge is -2.25. The minimum Gasteiger partial charge on any atom is -0.508 e. The van der Waals surface area contributed by atoms with Crippen molar-refractivity contribution in [2.75, 3.05) is 13.1 Å². The van der Waals surface area contributed by atoms with E-state index in [4.69, 9.17) is 0 Å². The Bertz CT molecular complexity index is 1030. The predicted octanol–water partition coefficient (Wildman–Crippen LogP) is 4.79. The zero-order chi connectivity index (χ0) is 24.7. The number of aliphatic imine (C=N–C) groups is 1. The SMILES string of the molecule is Cc1c(O)cccc1C(=O)N1CCC[C@H]1C(=O)NCC1=CC=C(C(C)SC=NC(C)C)CC=C1. The largest absolute Gasteiger partial charge is 0.508 e. The molecule has 2 aliphatic rings. The highest BCUT2D eigenvalue weighted by Crippen LogP contribution is 2.26. The molecule has 0 bridgehead atoms. The van der Waals surface area contributed by atoms with E-state index < -0.39 is 6.04 Å². The highest BCUT2D eigenvalue weighted by atomic mass is 32.2. The van der Waals surface area contributed by atoms with Crippen molar-refractivity contribution in [2.24, 2.45) is 4.99 Å². The van der Waals surface area contributed by atoms with Crippen LogP contribution in [-0.2, 0) is 4.79 Å². The Kier molecular flexibility index (Phi) is 9.16. The van der Waals surface area contributed by atoms with Gasteiger partial charge in [0.05, 0.1) is 5.55 Å². The van der Waals surface area contributed by atoms with Crippen LogP contribution in [0.3, 0.4) is 0 Å². The summed E-state index contributed by atoms with van der Waals surface area (Å²) in [5.41, 5.74) is 5.25. The van der Waals surface area contributed by atoms with Gasteiger partial charge in [0.25, 0.3) is 5.91 Å². The van der Waals surface area contributed by atoms with E-state index >= 15 is 0 Å². The molecule has 1 unspecified atom stereocenters. The highest BCUT2D eigenvalue weighted by Gasteiger charge is 2.35. The molecule has 34 heavy (non-hydrogen) atoms. The van der Waals surface area contributed by atoms with E-state index in [1.54, 1.807) is 41.8 Å². The second-order valence-corrected chi connectivity index (χ2v) is 10.2. The van der Waals surface area contributed by atoms with Crippen LogP contribution in [0.2, 0.25) is 0 Å². The van der Waals surface area contributed by atoms with E-state index in [0.717, 1.165) is 18.4 Å². The fraction of sp³-hybridized carbons (Fsp3) is 0.444. The third kappa shape index (κ3) is 6.63. The van der Waals surface area contributed by atoms with Gasteiger partial charge in [0, 0.05) is 35.5 Å². The quantitative estimate of drug-likeness (QED) is 0.413. The number of amides is 2. The fourth-order valence-corrected chi connectivity index (χ4v) is 4.88. The van der Waals surface area contributed by atoms with Crippen molar-refractivity contribution in [3.8, 4) is 5.75 Å². The van der Waals surface area contributed by atoms with Crippen LogP contribution >= 0.6 is 11.8 Å². The van der Waals surface area contributed by atoms with Gasteiger partial charge in [0.1, 0.15) is 11.8 Å². The molecule has 0 spiro atoms. The molecule has 1 aliphatic heterocycles. The lowest BCUT2D eigenvalue weighted by Crippen LogP contribution is -2.46. The van der Waals surface area contributed by atoms with E-state index in [-0.39, 0.29) is 17.6 Å². The number of nitrogens with one attached hydrogen (secondary N) is 1. The molecule has 1 aliphatic carbocycles. The van der Waals surface area contributed by atoms with Gasteiger partial charge in [-0.05, 0) is 64.7 Å². The molecule has 2 atom stereocenters. The smallest absolute Gasteiger partial charge is 0.254 e. The van der Waals surface area contributed by atoms with Crippen LogP contribution in [0.25, 0.3) is 0 Å². The van der Waals surface area contributed by atoms with Crippen molar-refractivity contribution in [2.45, 2.75) is 64.3 Å². The number of carbonyl (C=O) groups excluding carboxylic acids is 2. The molecule has 1 heterocycles. The van der Waals surface area contributed by atoms with Gasteiger partial charge in [-0.2, -0.15) is 0 Å². The zero-order valence-corrected chi connectivity index (χ0v) is 21.3. The summed E-state index contributed by atoms with van der Waals surface area (Å²) in [7, 11) is 0. The lowest BCUT2D eigenvalue weighted by atomic mass is 10.1. The molecule has 3 rings (SSSR count). The molecule has 0 aromatic heterocycles. The highest BCUT2D eigenvalue weighted by molar-refractivity contribution is 8.12. The summed E-state index contributed by atoms with van der Waals surface area (Å²) in [5, 5.41) is 13.3. The van der Waals surface area contributed by atoms with E-state index in [0.29, 0.717) is 41.9 Å². The Morgan fingerprint density at radius 2 is 2.09 bits per heavy atom. The van der Waals surface area contributed by atoms with Gasteiger partial charge in [-0.15, -0.1) is 11.8 Å². The molecule has 1 saturated heterocycles. The minimum absolute atomic E-state index is 0.0884. The first-order chi connectivity index (χ1) is 16.3. The normalized spacial score (nSPS) is 19.2. The van der Waals surface area contributed by atoms with Crippen LogP contribution in [0.15, 0.2) is 58.6 Å². The van der Waals surface area contributed by atoms with Gasteiger partial charge in [0.15, 0.2) is 0 Å². The second kappa shape index (κ2) is 12.1. The summed E-state index contributed by atoms with van der Waals surface area (Å²) in [5.74, 6) is -0.259. The number of benzene rings is 1. The van der Waals surface area contributed by atoms with Gasteiger partial charge in [-0.1, -0.05) is 35.9 Å². The molecule has 6 nitrogen and oxygen atoms in total. The van der Waals surface area contributed by atoms with Gasteiger partial charge in [0.2, 0.25) is 5.91 Å². The second-order valence-electron chi connectivity index (χ2n) is 9.04. The lowest BCUT2D eigenvalue weighted by molar-refractivity contribution is -0.124. The third-order valence-electron chi connectivity index (χ3n) is 6.16. The van der Waals surface area contributed by atoms with Crippen LogP contribution in [0.5, 0.6) is 5.75 Å². The van der Waals surface area contributed by atoms with Gasteiger partial charge in [-0.3, -0.25) is 14.6 Å². The van der Waals surface area contributed by atoms with Crippen LogP contribution < -0.4 is 5.32 Å². The maximum atomic E-state index is 13.1. The number of phenols is 1. The Morgan fingerprint density at radius 3 is 2.85 bits per heavy atom. The number of phenolic OH excluding ortho intramolecular Hbond substituents is 1. The van der Waals surface area contributed by atoms with Crippen molar-refractivity contribution >= 4 is 29.1 Å². The summed E-state index contributed by atoms with van der Waals surface area (Å²) in [4.78, 5) is 32.1. The Labute approximate surface area is 206 Å². The molecule has 2 N–H and O–H groups in total. The maximum Gasteiger partial charge on any atom is 0.254 e. The molecule has 1 fully saturated rings. The van der Waals surface area contributed by atoms with E-state index in [9.17, 15) is 14.7 Å². The van der Waals surface area contributed by atoms with Crippen LogP contribution in [-0.4, -0.2) is 57.8 Å². The number of aromatic hydroxyl groups is 1. The van der Waals surface area contributed by atoms with Crippen molar-refractivity contribution in [3.05, 3.63) is 64.8 Å². The van der Waals surface area contributed by atoms with Crippen LogP contribution in [0, 0.1) is 6.92 Å². The average Bonchev–Trinajstić information content (AvgIpc) is 3.17. The molecule has 0 saturated carbocycles. The zero-order valence-electron chi connectivity index (χ0n) is 20.5. The minimum atomic E-state index is -0.493. The standard InChI is InChI=1S/C27H35N3O3S/c1-18(2)29-17-34-20(4)22-9-5-8-21(13-14-22)16-28-26(32)24-11-7-15-30(24)27(33)23-10-6-12-25(31)19(23)3/h5-6,8,10,12-14,17-18,20,24,31H,7,9,11,15-16H2,1-4H3,(H,28,32)/t20?,24-/m0/s1. The molecule has 0 radical (unpaired) electrons. The average molecular weight is 482 g/mol. The van der Waals surface area contributed by atoms with Crippen molar-refractivity contribution < 1.29 is 14.7 Å². The van der Waals surface area contributed by atoms with Crippen LogP contribution in [0.4, 0.5) is 0 Å². The number of thioether (sulfide) groups is 1. The molecular formula is C27H35N3O3S. The third-order valence-corrected chi connectivity index (χ3v) is 7.12. The van der Waals surface area contributed by atoms with E-state index in [1.165, 1.54) is 5.57 Å². The Morgan fingerprint density at radius 1 is 1.29 bits per heavy atom. The molecule has 1 aromatic rings. The molecule has 182 valence electrons. The number of allylic oxidation sites excluding steroid dienone is 3. The van der Waals surface area contributed by atoms with Gasteiger partial charge >= 0.3 is 0 Å². The van der Waals surface area contributed by atoms with Crippen molar-refractivity contribution in [1.29, 1.82) is 0 Å². The van der Waals surface area contributed by atoms with Gasteiger partial charge in [-0.25, -0.2) is 0 Å². The summed E-state index contributed by atoms with van der Waals surface area (Å²) in [6, 6.07) is 4.72. The van der Waals surface area contributed by atoms with E-state index in [1.807, 2.05) is 5.55 Å². The Hall–Kier alpha value is -2.80. The summed E-state index contributed by atoms with van der Waals surface area (Å²) >= 11 is 1.71. The monoisotopic (exact) mass is 481 g/mol. The van der Waals surface area contributed by atoms with Crippen LogP contribution in [0.1, 0.15) is 56.0 Å². The number of nitrogens with zero attached hydrogens (tertiary/aromatic N) is 2. The molecule has 2 amide bonds. The summed E-state index contributed by atoms with van der Waals surface area (Å²) in [6.07, 6.45) is 10.7. The number of hydrogen-bond donors (Lipinski definition) is 2. The molecular weight excluding hydrogens is 446 g/mol. The van der Waals surface area contributed by atoms with Crippen molar-refractivity contribution in [1.82, 2.24) is 10.2 Å². The van der Waals surface area contributed by atoms with Crippen molar-refractivity contribution in [3.63, 3.8) is 0 Å². The fourth-order valence-electron chi connectivity index (χ4n) is 4.04. The maximum absolute atomic E-state index is 13.1. The first-order valence-corrected chi connectivity index (χ1v) is 12.8. The number of rotatable bonds is 8. The first kappa shape index (κ1) is 25.8.